The highest BCUT2D eigenvalue weighted by Gasteiger charge is 2.15. The van der Waals surface area contributed by atoms with Crippen LogP contribution in [-0.2, 0) is 9.59 Å². The molecule has 0 aliphatic heterocycles. The molecule has 0 saturated carbocycles. The third-order valence-electron chi connectivity index (χ3n) is 4.64. The average Bonchev–Trinajstić information content (AvgIpc) is 2.67. The number of likely N-dealkylation sites (N-methyl/N-ethyl adjacent to an activating group) is 1. The Kier molecular flexibility index (Phi) is 8.49. The number of hydrogen-bond donors (Lipinski definition) is 2. The van der Waals surface area contributed by atoms with Gasteiger partial charge < -0.3 is 15.4 Å². The number of carbonyl (C=O) groups excluding carboxylic acids is 2. The highest BCUT2D eigenvalue weighted by atomic mass is 35.5. The molecule has 2 aromatic rings. The first-order valence-electron chi connectivity index (χ1n) is 9.54. The molecule has 0 spiro atoms. The van der Waals surface area contributed by atoms with Crippen LogP contribution in [0.2, 0.25) is 5.02 Å². The van der Waals surface area contributed by atoms with Crippen molar-refractivity contribution in [3.05, 3.63) is 53.1 Å². The van der Waals surface area contributed by atoms with Crippen molar-refractivity contribution in [2.45, 2.75) is 26.2 Å². The number of methoxy groups -OCH3 is 1. The second-order valence-electron chi connectivity index (χ2n) is 7.01. The summed E-state index contributed by atoms with van der Waals surface area (Å²) < 4.78 is 5.23. The van der Waals surface area contributed by atoms with E-state index in [4.69, 9.17) is 16.3 Å². The van der Waals surface area contributed by atoms with Crippen LogP contribution in [0.1, 0.15) is 31.7 Å². The third-order valence-corrected chi connectivity index (χ3v) is 4.88. The highest BCUT2D eigenvalue weighted by Crippen LogP contribution is 2.28. The van der Waals surface area contributed by atoms with E-state index in [-0.39, 0.29) is 24.9 Å². The standard InChI is InChI=1S/C22H28ClN3O3/c1-5-15(2)17-8-6-7-9-18(17)24-21(27)13-26(3)14-22(28)25-19-12-16(23)10-11-20(19)29-4/h6-12,15H,5,13-14H2,1-4H3,(H,24,27)(H,25,28)/t15-/m1/s1. The number of rotatable bonds is 9. The number of benzene rings is 2. The normalized spacial score (nSPS) is 11.8. The Bertz CT molecular complexity index is 857. The maximum atomic E-state index is 12.4. The van der Waals surface area contributed by atoms with Crippen molar-refractivity contribution in [2.24, 2.45) is 0 Å². The molecule has 2 amide bonds. The van der Waals surface area contributed by atoms with Gasteiger partial charge in [0.1, 0.15) is 5.75 Å². The van der Waals surface area contributed by atoms with Crippen LogP contribution in [0.15, 0.2) is 42.5 Å². The molecule has 1 atom stereocenters. The van der Waals surface area contributed by atoms with Crippen molar-refractivity contribution in [1.82, 2.24) is 4.90 Å². The Balaban J connectivity index is 1.92. The number of nitrogens with one attached hydrogen (secondary N) is 2. The van der Waals surface area contributed by atoms with E-state index in [1.165, 1.54) is 7.11 Å². The van der Waals surface area contributed by atoms with Gasteiger partial charge in [0.25, 0.3) is 0 Å². The van der Waals surface area contributed by atoms with Gasteiger partial charge in [-0.25, -0.2) is 0 Å². The van der Waals surface area contributed by atoms with E-state index in [0.717, 1.165) is 17.7 Å². The van der Waals surface area contributed by atoms with Crippen LogP contribution >= 0.6 is 11.6 Å². The molecular weight excluding hydrogens is 390 g/mol. The van der Waals surface area contributed by atoms with E-state index >= 15 is 0 Å². The molecule has 6 nitrogen and oxygen atoms in total. The fraction of sp³-hybridized carbons (Fsp3) is 0.364. The minimum Gasteiger partial charge on any atom is -0.495 e. The van der Waals surface area contributed by atoms with Crippen LogP contribution in [0.3, 0.4) is 0 Å². The van der Waals surface area contributed by atoms with Crippen molar-refractivity contribution in [3.63, 3.8) is 0 Å². The van der Waals surface area contributed by atoms with Gasteiger partial charge >= 0.3 is 0 Å². The number of anilines is 2. The van der Waals surface area contributed by atoms with Gasteiger partial charge in [-0.1, -0.05) is 43.6 Å². The first-order valence-corrected chi connectivity index (χ1v) is 9.92. The molecule has 156 valence electrons. The second kappa shape index (κ2) is 10.8. The Morgan fingerprint density at radius 3 is 2.31 bits per heavy atom. The van der Waals surface area contributed by atoms with Crippen LogP contribution in [-0.4, -0.2) is 44.0 Å². The molecule has 29 heavy (non-hydrogen) atoms. The van der Waals surface area contributed by atoms with Crippen LogP contribution < -0.4 is 15.4 Å². The number of para-hydroxylation sites is 1. The SMILES string of the molecule is CC[C@@H](C)c1ccccc1NC(=O)CN(C)CC(=O)Nc1cc(Cl)ccc1OC. The van der Waals surface area contributed by atoms with Crippen molar-refractivity contribution in [2.75, 3.05) is 37.9 Å². The molecule has 0 aliphatic rings. The van der Waals surface area contributed by atoms with Gasteiger partial charge in [-0.05, 0) is 49.2 Å². The van der Waals surface area contributed by atoms with E-state index < -0.39 is 0 Å². The molecule has 0 heterocycles. The third kappa shape index (κ3) is 6.76. The van der Waals surface area contributed by atoms with Crippen molar-refractivity contribution in [3.8, 4) is 5.75 Å². The van der Waals surface area contributed by atoms with E-state index in [0.29, 0.717) is 22.4 Å². The lowest BCUT2D eigenvalue weighted by Crippen LogP contribution is -2.36. The van der Waals surface area contributed by atoms with E-state index in [2.05, 4.69) is 24.5 Å². The molecule has 0 aliphatic carbocycles. The fourth-order valence-corrected chi connectivity index (χ4v) is 3.14. The van der Waals surface area contributed by atoms with Gasteiger partial charge in [-0.2, -0.15) is 0 Å². The molecule has 0 aromatic heterocycles. The summed E-state index contributed by atoms with van der Waals surface area (Å²) in [5, 5.41) is 6.22. The van der Waals surface area contributed by atoms with E-state index in [9.17, 15) is 9.59 Å². The maximum absolute atomic E-state index is 12.4. The zero-order chi connectivity index (χ0) is 21.4. The van der Waals surface area contributed by atoms with Crippen molar-refractivity contribution >= 4 is 34.8 Å². The number of hydrogen-bond acceptors (Lipinski definition) is 4. The summed E-state index contributed by atoms with van der Waals surface area (Å²) in [4.78, 5) is 26.4. The van der Waals surface area contributed by atoms with E-state index in [1.807, 2.05) is 24.3 Å². The van der Waals surface area contributed by atoms with Crippen molar-refractivity contribution < 1.29 is 14.3 Å². The van der Waals surface area contributed by atoms with Crippen LogP contribution in [0, 0.1) is 0 Å². The number of nitrogens with zero attached hydrogens (tertiary/aromatic N) is 1. The molecular formula is C22H28ClN3O3. The Morgan fingerprint density at radius 1 is 1.07 bits per heavy atom. The summed E-state index contributed by atoms with van der Waals surface area (Å²) in [7, 11) is 3.24. The van der Waals surface area contributed by atoms with Gasteiger partial charge in [-0.15, -0.1) is 0 Å². The summed E-state index contributed by atoms with van der Waals surface area (Å²) in [6.45, 7) is 4.39. The molecule has 0 radical (unpaired) electrons. The largest absolute Gasteiger partial charge is 0.495 e. The van der Waals surface area contributed by atoms with E-state index in [1.54, 1.807) is 30.1 Å². The average molecular weight is 418 g/mol. The van der Waals surface area contributed by atoms with Crippen molar-refractivity contribution in [1.29, 1.82) is 0 Å². The fourth-order valence-electron chi connectivity index (χ4n) is 2.96. The molecule has 0 unspecified atom stereocenters. The van der Waals surface area contributed by atoms with Gasteiger partial charge in [0.15, 0.2) is 0 Å². The minimum absolute atomic E-state index is 0.0517. The molecule has 2 N–H and O–H groups in total. The summed E-state index contributed by atoms with van der Waals surface area (Å²) >= 11 is 5.98. The molecule has 0 saturated heterocycles. The number of halogens is 1. The van der Waals surface area contributed by atoms with Gasteiger partial charge in [0, 0.05) is 10.7 Å². The number of amides is 2. The summed E-state index contributed by atoms with van der Waals surface area (Å²) in [6, 6.07) is 12.8. The van der Waals surface area contributed by atoms with Crippen LogP contribution in [0.4, 0.5) is 11.4 Å². The van der Waals surface area contributed by atoms with Gasteiger partial charge in [0.2, 0.25) is 11.8 Å². The molecule has 0 bridgehead atoms. The zero-order valence-electron chi connectivity index (χ0n) is 17.3. The lowest BCUT2D eigenvalue weighted by molar-refractivity contribution is -0.119. The number of ether oxygens (including phenoxy) is 1. The molecule has 2 rings (SSSR count). The minimum atomic E-state index is -0.263. The first kappa shape index (κ1) is 22.7. The number of carbonyl (C=O) groups is 2. The summed E-state index contributed by atoms with van der Waals surface area (Å²) in [5.74, 6) is 0.435. The second-order valence-corrected chi connectivity index (χ2v) is 7.45. The lowest BCUT2D eigenvalue weighted by atomic mass is 9.97. The molecule has 2 aromatic carbocycles. The quantitative estimate of drug-likeness (QED) is 0.635. The topological polar surface area (TPSA) is 70.7 Å². The zero-order valence-corrected chi connectivity index (χ0v) is 18.0. The Hall–Kier alpha value is -2.57. The van der Waals surface area contributed by atoms with Gasteiger partial charge in [0.05, 0.1) is 25.9 Å². The molecule has 7 heteroatoms. The summed E-state index contributed by atoms with van der Waals surface area (Å²) in [5.41, 5.74) is 2.41. The van der Waals surface area contributed by atoms with Crippen LogP contribution in [0.25, 0.3) is 0 Å². The Morgan fingerprint density at radius 2 is 1.69 bits per heavy atom. The molecule has 0 fully saturated rings. The summed E-state index contributed by atoms with van der Waals surface area (Å²) in [6.07, 6.45) is 0.986. The van der Waals surface area contributed by atoms with Gasteiger partial charge in [-0.3, -0.25) is 14.5 Å². The predicted molar refractivity (Wildman–Crippen MR) is 118 cm³/mol. The Labute approximate surface area is 177 Å². The van der Waals surface area contributed by atoms with Crippen LogP contribution in [0.5, 0.6) is 5.75 Å². The predicted octanol–water partition coefficient (Wildman–Crippen LogP) is 4.37. The monoisotopic (exact) mass is 417 g/mol. The maximum Gasteiger partial charge on any atom is 0.238 e. The lowest BCUT2D eigenvalue weighted by Gasteiger charge is -2.19. The highest BCUT2D eigenvalue weighted by molar-refractivity contribution is 6.31. The first-order chi connectivity index (χ1) is 13.8. The smallest absolute Gasteiger partial charge is 0.238 e.